The van der Waals surface area contributed by atoms with E-state index in [1.165, 1.54) is 0 Å². The molecule has 0 atom stereocenters. The van der Waals surface area contributed by atoms with Crippen LogP contribution in [0.4, 0.5) is 11.5 Å². The molecule has 0 aliphatic rings. The number of halogens is 2. The van der Waals surface area contributed by atoms with Gasteiger partial charge in [0.2, 0.25) is 0 Å². The SMILES string of the molecule is Nc1[nH]ncc1S(=O)(=O)Nc1ccc(Cl)c(Br)c1. The molecule has 0 radical (unpaired) electrons. The first-order valence-corrected chi connectivity index (χ1v) is 7.32. The second kappa shape index (κ2) is 4.79. The lowest BCUT2D eigenvalue weighted by Gasteiger charge is -2.07. The fourth-order valence-corrected chi connectivity index (χ4v) is 2.84. The van der Waals surface area contributed by atoms with Crippen LogP contribution in [0.3, 0.4) is 0 Å². The van der Waals surface area contributed by atoms with Gasteiger partial charge in [-0.15, -0.1) is 0 Å². The highest BCUT2D eigenvalue weighted by molar-refractivity contribution is 9.10. The molecule has 96 valence electrons. The average Bonchev–Trinajstić information content (AvgIpc) is 2.70. The standard InChI is InChI=1S/C9H8BrClN4O2S/c10-6-3-5(1-2-7(6)11)15-18(16,17)8-4-13-14-9(8)12/h1-4,15H,(H3,12,13,14). The van der Waals surface area contributed by atoms with Crippen molar-refractivity contribution >= 4 is 49.1 Å². The molecule has 1 aromatic heterocycles. The second-order valence-electron chi connectivity index (χ2n) is 3.38. The maximum absolute atomic E-state index is 12.0. The molecule has 0 amide bonds. The molecular weight excluding hydrogens is 344 g/mol. The smallest absolute Gasteiger partial charge is 0.267 e. The van der Waals surface area contributed by atoms with Crippen LogP contribution in [-0.2, 0) is 10.0 Å². The lowest BCUT2D eigenvalue weighted by molar-refractivity contribution is 0.601. The van der Waals surface area contributed by atoms with E-state index in [-0.39, 0.29) is 10.7 Å². The molecule has 2 rings (SSSR count). The number of aromatic nitrogens is 2. The molecule has 4 N–H and O–H groups in total. The van der Waals surface area contributed by atoms with Gasteiger partial charge in [-0.2, -0.15) is 5.10 Å². The number of H-pyrrole nitrogens is 1. The third-order valence-corrected chi connectivity index (χ3v) is 4.72. The van der Waals surface area contributed by atoms with Gasteiger partial charge in [0.05, 0.1) is 16.9 Å². The first-order chi connectivity index (χ1) is 8.40. The van der Waals surface area contributed by atoms with Crippen LogP contribution in [0, 0.1) is 0 Å². The quantitative estimate of drug-likeness (QED) is 0.789. The van der Waals surface area contributed by atoms with Gasteiger partial charge in [-0.1, -0.05) is 11.6 Å². The summed E-state index contributed by atoms with van der Waals surface area (Å²) in [6, 6.07) is 4.67. The maximum Gasteiger partial charge on any atom is 0.267 e. The summed E-state index contributed by atoms with van der Waals surface area (Å²) in [5.41, 5.74) is 5.83. The van der Waals surface area contributed by atoms with E-state index in [1.54, 1.807) is 18.2 Å². The summed E-state index contributed by atoms with van der Waals surface area (Å²) in [5.74, 6) is -0.0180. The molecule has 0 saturated carbocycles. The van der Waals surface area contributed by atoms with Crippen molar-refractivity contribution in [2.24, 2.45) is 0 Å². The Labute approximate surface area is 117 Å². The Morgan fingerprint density at radius 2 is 2.17 bits per heavy atom. The van der Waals surface area contributed by atoms with E-state index in [0.29, 0.717) is 15.2 Å². The number of hydrogen-bond acceptors (Lipinski definition) is 4. The summed E-state index contributed by atoms with van der Waals surface area (Å²) in [4.78, 5) is -0.103. The van der Waals surface area contributed by atoms with Crippen molar-refractivity contribution in [2.75, 3.05) is 10.5 Å². The van der Waals surface area contributed by atoms with Crippen LogP contribution in [0.25, 0.3) is 0 Å². The minimum atomic E-state index is -3.76. The van der Waals surface area contributed by atoms with Gasteiger partial charge in [0.25, 0.3) is 10.0 Å². The number of nitrogens with zero attached hydrogens (tertiary/aromatic N) is 1. The van der Waals surface area contributed by atoms with Gasteiger partial charge in [0.1, 0.15) is 10.7 Å². The van der Waals surface area contributed by atoms with E-state index in [2.05, 4.69) is 30.8 Å². The van der Waals surface area contributed by atoms with E-state index in [1.807, 2.05) is 0 Å². The van der Waals surface area contributed by atoms with E-state index in [0.717, 1.165) is 6.20 Å². The lowest BCUT2D eigenvalue weighted by atomic mass is 10.3. The third-order valence-electron chi connectivity index (χ3n) is 2.09. The Morgan fingerprint density at radius 3 is 2.72 bits per heavy atom. The Hall–Kier alpha value is -1.25. The Balaban J connectivity index is 2.34. The highest BCUT2D eigenvalue weighted by Crippen LogP contribution is 2.27. The van der Waals surface area contributed by atoms with Gasteiger partial charge in [-0.05, 0) is 34.1 Å². The molecule has 0 unspecified atom stereocenters. The number of hydrogen-bond donors (Lipinski definition) is 3. The van der Waals surface area contributed by atoms with Crippen molar-refractivity contribution in [1.82, 2.24) is 10.2 Å². The van der Waals surface area contributed by atoms with E-state index >= 15 is 0 Å². The number of anilines is 2. The van der Waals surface area contributed by atoms with Crippen LogP contribution in [-0.4, -0.2) is 18.6 Å². The molecule has 1 heterocycles. The zero-order valence-corrected chi connectivity index (χ0v) is 12.0. The number of nitrogens with one attached hydrogen (secondary N) is 2. The first kappa shape index (κ1) is 13.2. The van der Waals surface area contributed by atoms with Crippen LogP contribution in [0.2, 0.25) is 5.02 Å². The topological polar surface area (TPSA) is 101 Å². The summed E-state index contributed by atoms with van der Waals surface area (Å²) >= 11 is 9.02. The van der Waals surface area contributed by atoms with Gasteiger partial charge < -0.3 is 5.73 Å². The van der Waals surface area contributed by atoms with Crippen molar-refractivity contribution in [2.45, 2.75) is 4.90 Å². The molecule has 0 spiro atoms. The van der Waals surface area contributed by atoms with Gasteiger partial charge in [0.15, 0.2) is 0 Å². The molecular formula is C9H8BrClN4O2S. The van der Waals surface area contributed by atoms with Crippen molar-refractivity contribution < 1.29 is 8.42 Å². The van der Waals surface area contributed by atoms with E-state index in [9.17, 15) is 8.42 Å². The third kappa shape index (κ3) is 2.60. The van der Waals surface area contributed by atoms with E-state index in [4.69, 9.17) is 17.3 Å². The predicted molar refractivity (Wildman–Crippen MR) is 73.0 cm³/mol. The van der Waals surface area contributed by atoms with Crippen LogP contribution in [0.15, 0.2) is 33.8 Å². The Kier molecular flexibility index (Phi) is 3.51. The summed E-state index contributed by atoms with van der Waals surface area (Å²) in [6.07, 6.45) is 1.14. The summed E-state index contributed by atoms with van der Waals surface area (Å²) in [7, 11) is -3.76. The Morgan fingerprint density at radius 1 is 1.44 bits per heavy atom. The van der Waals surface area contributed by atoms with Gasteiger partial charge in [-0.3, -0.25) is 9.82 Å². The molecule has 0 aliphatic carbocycles. The fourth-order valence-electron chi connectivity index (χ4n) is 1.27. The van der Waals surface area contributed by atoms with Crippen molar-refractivity contribution in [3.63, 3.8) is 0 Å². The van der Waals surface area contributed by atoms with E-state index < -0.39 is 10.0 Å². The minimum absolute atomic E-state index is 0.0180. The number of nitrogen functional groups attached to an aromatic ring is 1. The largest absolute Gasteiger partial charge is 0.383 e. The minimum Gasteiger partial charge on any atom is -0.383 e. The van der Waals surface area contributed by atoms with Crippen LogP contribution in [0.5, 0.6) is 0 Å². The normalized spacial score (nSPS) is 11.4. The van der Waals surface area contributed by atoms with Crippen LogP contribution in [0.1, 0.15) is 0 Å². The number of benzene rings is 1. The Bertz CT molecular complexity index is 686. The highest BCUT2D eigenvalue weighted by atomic mass is 79.9. The van der Waals surface area contributed by atoms with Crippen molar-refractivity contribution in [1.29, 1.82) is 0 Å². The highest BCUT2D eigenvalue weighted by Gasteiger charge is 2.19. The molecule has 2 aromatic rings. The zero-order valence-electron chi connectivity index (χ0n) is 8.81. The van der Waals surface area contributed by atoms with Crippen molar-refractivity contribution in [3.05, 3.63) is 33.9 Å². The lowest BCUT2D eigenvalue weighted by Crippen LogP contribution is -2.13. The number of sulfonamides is 1. The number of aromatic amines is 1. The fraction of sp³-hybridized carbons (Fsp3) is 0. The molecule has 1 aromatic carbocycles. The van der Waals surface area contributed by atoms with Gasteiger partial charge >= 0.3 is 0 Å². The molecule has 9 heteroatoms. The number of rotatable bonds is 3. The zero-order chi connectivity index (χ0) is 13.3. The first-order valence-electron chi connectivity index (χ1n) is 4.67. The van der Waals surface area contributed by atoms with Gasteiger partial charge in [-0.25, -0.2) is 8.42 Å². The maximum atomic E-state index is 12.0. The molecule has 0 bridgehead atoms. The summed E-state index contributed by atoms with van der Waals surface area (Å²) in [5, 5.41) is 6.41. The average molecular weight is 352 g/mol. The molecule has 0 fully saturated rings. The van der Waals surface area contributed by atoms with Crippen LogP contribution >= 0.6 is 27.5 Å². The molecule has 6 nitrogen and oxygen atoms in total. The molecule has 0 saturated heterocycles. The predicted octanol–water partition coefficient (Wildman–Crippen LogP) is 2.21. The summed E-state index contributed by atoms with van der Waals surface area (Å²) in [6.45, 7) is 0. The molecule has 18 heavy (non-hydrogen) atoms. The number of nitrogens with two attached hydrogens (primary N) is 1. The molecule has 0 aliphatic heterocycles. The van der Waals surface area contributed by atoms with Gasteiger partial charge in [0, 0.05) is 4.47 Å². The second-order valence-corrected chi connectivity index (χ2v) is 6.29. The van der Waals surface area contributed by atoms with Crippen molar-refractivity contribution in [3.8, 4) is 0 Å². The summed E-state index contributed by atoms with van der Waals surface area (Å²) < 4.78 is 26.9. The monoisotopic (exact) mass is 350 g/mol. The van der Waals surface area contributed by atoms with Crippen LogP contribution < -0.4 is 10.5 Å².